The summed E-state index contributed by atoms with van der Waals surface area (Å²) < 4.78 is 0. The van der Waals surface area contributed by atoms with Gasteiger partial charge in [-0.1, -0.05) is 12.1 Å². The van der Waals surface area contributed by atoms with Crippen LogP contribution in [0.2, 0.25) is 0 Å². The summed E-state index contributed by atoms with van der Waals surface area (Å²) >= 11 is 0. The van der Waals surface area contributed by atoms with E-state index < -0.39 is 5.97 Å². The molecule has 0 aromatic heterocycles. The fourth-order valence-corrected chi connectivity index (χ4v) is 2.36. The fourth-order valence-electron chi connectivity index (χ4n) is 2.36. The van der Waals surface area contributed by atoms with Gasteiger partial charge in [-0.3, -0.25) is 4.79 Å². The number of rotatable bonds is 5. The molecule has 1 aliphatic heterocycles. The molecule has 0 radical (unpaired) electrons. The van der Waals surface area contributed by atoms with Crippen LogP contribution in [0.5, 0.6) is 0 Å². The minimum absolute atomic E-state index is 0.0816. The van der Waals surface area contributed by atoms with E-state index in [1.54, 1.807) is 24.3 Å². The molecule has 1 heterocycles. The highest BCUT2D eigenvalue weighted by atomic mass is 16.4. The van der Waals surface area contributed by atoms with E-state index in [4.69, 9.17) is 5.11 Å². The first-order chi connectivity index (χ1) is 9.66. The number of carboxylic acid groups (broad SMARTS) is 1. The summed E-state index contributed by atoms with van der Waals surface area (Å²) in [4.78, 5) is 22.6. The van der Waals surface area contributed by atoms with Gasteiger partial charge in [0.1, 0.15) is 0 Å². The third-order valence-corrected chi connectivity index (χ3v) is 3.58. The number of carboxylic acids is 1. The van der Waals surface area contributed by atoms with Crippen molar-refractivity contribution in [3.05, 3.63) is 35.4 Å². The molecule has 1 amide bonds. The van der Waals surface area contributed by atoms with E-state index in [0.29, 0.717) is 13.0 Å². The van der Waals surface area contributed by atoms with E-state index >= 15 is 0 Å². The van der Waals surface area contributed by atoms with Crippen LogP contribution in [0.3, 0.4) is 0 Å². The maximum absolute atomic E-state index is 11.9. The number of hydrogen-bond donors (Lipinski definition) is 3. The summed E-state index contributed by atoms with van der Waals surface area (Å²) in [5.74, 6) is -0.729. The van der Waals surface area contributed by atoms with Gasteiger partial charge in [0, 0.05) is 13.1 Å². The van der Waals surface area contributed by atoms with Crippen molar-refractivity contribution in [3.63, 3.8) is 0 Å². The standard InChI is InChI=1S/C15H20N2O3/c18-14(13-2-1-8-16-10-13)17-9-7-11-3-5-12(6-4-11)15(19)20/h3-6,13,16H,1-2,7-10H2,(H,17,18)(H,19,20)/t13-/m1/s1. The quantitative estimate of drug-likeness (QED) is 0.751. The zero-order valence-corrected chi connectivity index (χ0v) is 11.4. The summed E-state index contributed by atoms with van der Waals surface area (Å²) in [6.07, 6.45) is 2.71. The van der Waals surface area contributed by atoms with Crippen molar-refractivity contribution in [2.75, 3.05) is 19.6 Å². The van der Waals surface area contributed by atoms with Crippen molar-refractivity contribution in [2.45, 2.75) is 19.3 Å². The van der Waals surface area contributed by atoms with Crippen LogP contribution in [0.1, 0.15) is 28.8 Å². The van der Waals surface area contributed by atoms with Crippen LogP contribution < -0.4 is 10.6 Å². The van der Waals surface area contributed by atoms with E-state index in [1.807, 2.05) is 0 Å². The minimum Gasteiger partial charge on any atom is -0.478 e. The minimum atomic E-state index is -0.922. The Balaban J connectivity index is 1.74. The van der Waals surface area contributed by atoms with Gasteiger partial charge in [0.2, 0.25) is 5.91 Å². The Morgan fingerprint density at radius 1 is 1.30 bits per heavy atom. The molecule has 1 fully saturated rings. The van der Waals surface area contributed by atoms with E-state index in [9.17, 15) is 9.59 Å². The van der Waals surface area contributed by atoms with Crippen LogP contribution in [0.25, 0.3) is 0 Å². The summed E-state index contributed by atoms with van der Waals surface area (Å²) in [7, 11) is 0. The average molecular weight is 276 g/mol. The van der Waals surface area contributed by atoms with Crippen LogP contribution in [-0.4, -0.2) is 36.6 Å². The number of carbonyl (C=O) groups is 2. The molecule has 1 aliphatic rings. The average Bonchev–Trinajstić information content (AvgIpc) is 2.48. The molecule has 0 bridgehead atoms. The van der Waals surface area contributed by atoms with Gasteiger partial charge in [-0.25, -0.2) is 4.79 Å². The van der Waals surface area contributed by atoms with Gasteiger partial charge in [-0.15, -0.1) is 0 Å². The van der Waals surface area contributed by atoms with Gasteiger partial charge in [0.05, 0.1) is 11.5 Å². The molecular formula is C15H20N2O3. The monoisotopic (exact) mass is 276 g/mol. The third-order valence-electron chi connectivity index (χ3n) is 3.58. The molecular weight excluding hydrogens is 256 g/mol. The zero-order valence-electron chi connectivity index (χ0n) is 11.4. The van der Waals surface area contributed by atoms with Crippen molar-refractivity contribution in [3.8, 4) is 0 Å². The molecule has 20 heavy (non-hydrogen) atoms. The number of nitrogens with one attached hydrogen (secondary N) is 2. The van der Waals surface area contributed by atoms with E-state index in [0.717, 1.165) is 31.5 Å². The normalized spacial score (nSPS) is 18.5. The maximum Gasteiger partial charge on any atom is 0.335 e. The highest BCUT2D eigenvalue weighted by Gasteiger charge is 2.20. The summed E-state index contributed by atoms with van der Waals surface area (Å²) in [6, 6.07) is 6.75. The third kappa shape index (κ3) is 4.06. The van der Waals surface area contributed by atoms with Crippen molar-refractivity contribution < 1.29 is 14.7 Å². The van der Waals surface area contributed by atoms with Crippen LogP contribution in [0, 0.1) is 5.92 Å². The Hall–Kier alpha value is -1.88. The lowest BCUT2D eigenvalue weighted by molar-refractivity contribution is -0.125. The number of aromatic carboxylic acids is 1. The van der Waals surface area contributed by atoms with E-state index in [2.05, 4.69) is 10.6 Å². The van der Waals surface area contributed by atoms with Crippen LogP contribution in [0.4, 0.5) is 0 Å². The Labute approximate surface area is 118 Å². The first-order valence-corrected chi connectivity index (χ1v) is 6.97. The molecule has 0 saturated carbocycles. The van der Waals surface area contributed by atoms with Gasteiger partial charge in [-0.2, -0.15) is 0 Å². The number of benzene rings is 1. The van der Waals surface area contributed by atoms with Gasteiger partial charge < -0.3 is 15.7 Å². The first kappa shape index (κ1) is 14.5. The van der Waals surface area contributed by atoms with E-state index in [-0.39, 0.29) is 17.4 Å². The lowest BCUT2D eigenvalue weighted by atomic mass is 9.99. The second-order valence-electron chi connectivity index (χ2n) is 5.09. The van der Waals surface area contributed by atoms with Gasteiger partial charge >= 0.3 is 5.97 Å². The molecule has 1 aromatic rings. The maximum atomic E-state index is 11.9. The highest BCUT2D eigenvalue weighted by molar-refractivity contribution is 5.87. The molecule has 0 unspecified atom stereocenters. The molecule has 5 nitrogen and oxygen atoms in total. The van der Waals surface area contributed by atoms with E-state index in [1.165, 1.54) is 0 Å². The van der Waals surface area contributed by atoms with Crippen molar-refractivity contribution in [2.24, 2.45) is 5.92 Å². The smallest absolute Gasteiger partial charge is 0.335 e. The molecule has 108 valence electrons. The number of carbonyl (C=O) groups excluding carboxylic acids is 1. The molecule has 3 N–H and O–H groups in total. The van der Waals surface area contributed by atoms with Crippen LogP contribution in [0.15, 0.2) is 24.3 Å². The van der Waals surface area contributed by atoms with Gasteiger partial charge in [0.15, 0.2) is 0 Å². The lowest BCUT2D eigenvalue weighted by Crippen LogP contribution is -2.41. The molecule has 0 aliphatic carbocycles. The summed E-state index contributed by atoms with van der Waals surface area (Å²) in [5, 5.41) is 15.0. The SMILES string of the molecule is O=C(O)c1ccc(CCNC(=O)[C@@H]2CCCNC2)cc1. The van der Waals surface area contributed by atoms with Crippen LogP contribution >= 0.6 is 0 Å². The largest absolute Gasteiger partial charge is 0.478 e. The Morgan fingerprint density at radius 2 is 2.05 bits per heavy atom. The predicted octanol–water partition coefficient (Wildman–Crippen LogP) is 1.04. The second kappa shape index (κ2) is 7.05. The van der Waals surface area contributed by atoms with Crippen molar-refractivity contribution >= 4 is 11.9 Å². The highest BCUT2D eigenvalue weighted by Crippen LogP contribution is 2.10. The van der Waals surface area contributed by atoms with Gasteiger partial charge in [0.25, 0.3) is 0 Å². The molecule has 1 saturated heterocycles. The number of piperidine rings is 1. The molecule has 2 rings (SSSR count). The van der Waals surface area contributed by atoms with Crippen molar-refractivity contribution in [1.29, 1.82) is 0 Å². The van der Waals surface area contributed by atoms with Crippen LogP contribution in [-0.2, 0) is 11.2 Å². The Morgan fingerprint density at radius 3 is 2.65 bits per heavy atom. The van der Waals surface area contributed by atoms with Crippen molar-refractivity contribution in [1.82, 2.24) is 10.6 Å². The number of amides is 1. The number of hydrogen-bond acceptors (Lipinski definition) is 3. The summed E-state index contributed by atoms with van der Waals surface area (Å²) in [5.41, 5.74) is 1.31. The Bertz CT molecular complexity index is 465. The lowest BCUT2D eigenvalue weighted by Gasteiger charge is -2.21. The van der Waals surface area contributed by atoms with Gasteiger partial charge in [-0.05, 0) is 43.5 Å². The summed E-state index contributed by atoms with van der Waals surface area (Å²) in [6.45, 7) is 2.35. The molecule has 1 aromatic carbocycles. The zero-order chi connectivity index (χ0) is 14.4. The fraction of sp³-hybridized carbons (Fsp3) is 0.467. The topological polar surface area (TPSA) is 78.4 Å². The predicted molar refractivity (Wildman–Crippen MR) is 75.7 cm³/mol. The Kier molecular flexibility index (Phi) is 5.12. The first-order valence-electron chi connectivity index (χ1n) is 6.97. The molecule has 1 atom stereocenters. The molecule has 0 spiro atoms. The molecule has 5 heteroatoms. The second-order valence-corrected chi connectivity index (χ2v) is 5.09.